The Bertz CT molecular complexity index is 380. The molecule has 1 aliphatic heterocycles. The van der Waals surface area contributed by atoms with Gasteiger partial charge in [0, 0.05) is 18.1 Å². The first kappa shape index (κ1) is 14.5. The zero-order chi connectivity index (χ0) is 13.8. The lowest BCUT2D eigenvalue weighted by molar-refractivity contribution is 0.0283. The van der Waals surface area contributed by atoms with E-state index in [4.69, 9.17) is 0 Å². The Morgan fingerprint density at radius 1 is 1.21 bits per heavy atom. The van der Waals surface area contributed by atoms with E-state index in [0.29, 0.717) is 12.1 Å². The molecule has 0 bridgehead atoms. The van der Waals surface area contributed by atoms with Crippen LogP contribution in [-0.4, -0.2) is 17.1 Å². The number of benzene rings is 1. The Hall–Kier alpha value is -0.930. The van der Waals surface area contributed by atoms with Gasteiger partial charge in [-0.05, 0) is 50.8 Å². The van der Waals surface area contributed by atoms with E-state index in [1.165, 1.54) is 19.3 Å². The quantitative estimate of drug-likeness (QED) is 0.882. The Morgan fingerprint density at radius 3 is 2.32 bits per heavy atom. The molecule has 3 atom stereocenters. The maximum absolute atomic E-state index is 13.0. The lowest BCUT2D eigenvalue weighted by atomic mass is 9.99. The Labute approximate surface area is 116 Å². The number of hydrogen-bond acceptors (Lipinski definition) is 2. The molecule has 1 saturated heterocycles. The molecule has 2 nitrogen and oxygen atoms in total. The highest BCUT2D eigenvalue weighted by Gasteiger charge is 2.26. The number of halogens is 1. The molecule has 0 radical (unpaired) electrons. The van der Waals surface area contributed by atoms with Gasteiger partial charge in [-0.25, -0.2) is 14.8 Å². The molecule has 0 aliphatic carbocycles. The van der Waals surface area contributed by atoms with Gasteiger partial charge in [-0.1, -0.05) is 25.5 Å². The van der Waals surface area contributed by atoms with E-state index in [9.17, 15) is 4.39 Å². The maximum atomic E-state index is 13.0. The van der Waals surface area contributed by atoms with Crippen LogP contribution in [0, 0.1) is 5.82 Å². The fourth-order valence-corrected chi connectivity index (χ4v) is 2.95. The first-order valence-electron chi connectivity index (χ1n) is 7.41. The van der Waals surface area contributed by atoms with Crippen molar-refractivity contribution in [1.29, 1.82) is 0 Å². The molecule has 0 aromatic heterocycles. The Balaban J connectivity index is 2.07. The van der Waals surface area contributed by atoms with E-state index in [0.717, 1.165) is 12.0 Å². The highest BCUT2D eigenvalue weighted by Crippen LogP contribution is 2.24. The smallest absolute Gasteiger partial charge is 0.123 e. The van der Waals surface area contributed by atoms with Crippen LogP contribution >= 0.6 is 0 Å². The summed E-state index contributed by atoms with van der Waals surface area (Å²) in [5, 5.41) is 2.39. The first-order chi connectivity index (χ1) is 9.11. The van der Waals surface area contributed by atoms with Crippen LogP contribution in [-0.2, 0) is 0 Å². The van der Waals surface area contributed by atoms with Gasteiger partial charge in [-0.3, -0.25) is 0 Å². The number of piperidine rings is 1. The number of rotatable bonds is 4. The molecule has 1 aromatic carbocycles. The molecule has 3 heteroatoms. The van der Waals surface area contributed by atoms with Crippen molar-refractivity contribution in [3.63, 3.8) is 0 Å². The number of hydrogen-bond donors (Lipinski definition) is 1. The SMILES string of the molecule is CCC(NN1C(C)CCCC1C)c1ccc(F)cc1. The zero-order valence-corrected chi connectivity index (χ0v) is 12.2. The fraction of sp³-hybridized carbons (Fsp3) is 0.625. The normalized spacial score (nSPS) is 26.3. The molecule has 1 aromatic rings. The summed E-state index contributed by atoms with van der Waals surface area (Å²) in [6.45, 7) is 6.72. The summed E-state index contributed by atoms with van der Waals surface area (Å²) in [7, 11) is 0. The van der Waals surface area contributed by atoms with E-state index in [1.807, 2.05) is 12.1 Å². The van der Waals surface area contributed by atoms with E-state index in [2.05, 4.69) is 31.2 Å². The van der Waals surface area contributed by atoms with Gasteiger partial charge in [0.25, 0.3) is 0 Å². The molecule has 1 aliphatic rings. The Kier molecular flexibility index (Phi) is 4.94. The van der Waals surface area contributed by atoms with Crippen LogP contribution in [0.4, 0.5) is 4.39 Å². The van der Waals surface area contributed by atoms with Crippen LogP contribution in [0.15, 0.2) is 24.3 Å². The second-order valence-electron chi connectivity index (χ2n) is 5.68. The second kappa shape index (κ2) is 6.49. The van der Waals surface area contributed by atoms with Crippen LogP contribution in [0.3, 0.4) is 0 Å². The monoisotopic (exact) mass is 264 g/mol. The van der Waals surface area contributed by atoms with Crippen molar-refractivity contribution in [2.24, 2.45) is 0 Å². The fourth-order valence-electron chi connectivity index (χ4n) is 2.95. The third kappa shape index (κ3) is 3.54. The molecule has 106 valence electrons. The molecule has 1 heterocycles. The lowest BCUT2D eigenvalue weighted by Crippen LogP contribution is -2.53. The average Bonchev–Trinajstić information content (AvgIpc) is 2.40. The predicted octanol–water partition coefficient (Wildman–Crippen LogP) is 4.04. The van der Waals surface area contributed by atoms with Gasteiger partial charge < -0.3 is 0 Å². The standard InChI is InChI=1S/C16H25FN2/c1-4-16(14-8-10-15(17)11-9-14)18-19-12(2)6-5-7-13(19)3/h8-13,16,18H,4-7H2,1-3H3. The number of nitrogens with zero attached hydrogens (tertiary/aromatic N) is 1. The molecule has 0 amide bonds. The molecule has 0 spiro atoms. The predicted molar refractivity (Wildman–Crippen MR) is 77.2 cm³/mol. The minimum atomic E-state index is -0.168. The molecule has 1 N–H and O–H groups in total. The van der Waals surface area contributed by atoms with Crippen molar-refractivity contribution in [1.82, 2.24) is 10.4 Å². The summed E-state index contributed by atoms with van der Waals surface area (Å²) >= 11 is 0. The van der Waals surface area contributed by atoms with Crippen molar-refractivity contribution >= 4 is 0 Å². The highest BCUT2D eigenvalue weighted by molar-refractivity contribution is 5.19. The van der Waals surface area contributed by atoms with Crippen molar-refractivity contribution in [3.05, 3.63) is 35.6 Å². The van der Waals surface area contributed by atoms with Gasteiger partial charge in [-0.15, -0.1) is 0 Å². The lowest BCUT2D eigenvalue weighted by Gasteiger charge is -2.41. The van der Waals surface area contributed by atoms with E-state index >= 15 is 0 Å². The van der Waals surface area contributed by atoms with Gasteiger partial charge in [0.05, 0.1) is 0 Å². The van der Waals surface area contributed by atoms with E-state index in [-0.39, 0.29) is 11.9 Å². The molecule has 19 heavy (non-hydrogen) atoms. The molecular weight excluding hydrogens is 239 g/mol. The topological polar surface area (TPSA) is 15.3 Å². The van der Waals surface area contributed by atoms with Gasteiger partial charge in [-0.2, -0.15) is 0 Å². The van der Waals surface area contributed by atoms with Crippen molar-refractivity contribution in [2.75, 3.05) is 0 Å². The minimum Gasteiger partial charge on any atom is -0.247 e. The van der Waals surface area contributed by atoms with E-state index in [1.54, 1.807) is 12.1 Å². The Morgan fingerprint density at radius 2 is 1.79 bits per heavy atom. The van der Waals surface area contributed by atoms with Gasteiger partial charge >= 0.3 is 0 Å². The van der Waals surface area contributed by atoms with E-state index < -0.39 is 0 Å². The molecular formula is C16H25FN2. The van der Waals surface area contributed by atoms with Crippen LogP contribution in [0.1, 0.15) is 58.1 Å². The third-order valence-electron chi connectivity index (χ3n) is 4.18. The summed E-state index contributed by atoms with van der Waals surface area (Å²) in [5.74, 6) is -0.168. The molecule has 3 unspecified atom stereocenters. The van der Waals surface area contributed by atoms with Gasteiger partial charge in [0.1, 0.15) is 5.82 Å². The summed E-state index contributed by atoms with van der Waals surface area (Å²) < 4.78 is 13.0. The summed E-state index contributed by atoms with van der Waals surface area (Å²) in [4.78, 5) is 0. The minimum absolute atomic E-state index is 0.168. The van der Waals surface area contributed by atoms with Crippen molar-refractivity contribution in [3.8, 4) is 0 Å². The number of hydrazine groups is 1. The van der Waals surface area contributed by atoms with Gasteiger partial charge in [0.2, 0.25) is 0 Å². The first-order valence-corrected chi connectivity index (χ1v) is 7.41. The van der Waals surface area contributed by atoms with Crippen molar-refractivity contribution in [2.45, 2.75) is 64.6 Å². The van der Waals surface area contributed by atoms with Crippen LogP contribution in [0.5, 0.6) is 0 Å². The largest absolute Gasteiger partial charge is 0.247 e. The van der Waals surface area contributed by atoms with Crippen LogP contribution < -0.4 is 5.43 Å². The average molecular weight is 264 g/mol. The van der Waals surface area contributed by atoms with Gasteiger partial charge in [0.15, 0.2) is 0 Å². The second-order valence-corrected chi connectivity index (χ2v) is 5.68. The summed E-state index contributed by atoms with van der Waals surface area (Å²) in [6, 6.07) is 8.26. The molecule has 2 rings (SSSR count). The highest BCUT2D eigenvalue weighted by atomic mass is 19.1. The zero-order valence-electron chi connectivity index (χ0n) is 12.2. The van der Waals surface area contributed by atoms with Crippen molar-refractivity contribution < 1.29 is 4.39 Å². The van der Waals surface area contributed by atoms with Crippen LogP contribution in [0.2, 0.25) is 0 Å². The maximum Gasteiger partial charge on any atom is 0.123 e. The molecule has 1 fully saturated rings. The summed E-state index contributed by atoms with van der Waals surface area (Å²) in [6.07, 6.45) is 4.81. The van der Waals surface area contributed by atoms with Crippen LogP contribution in [0.25, 0.3) is 0 Å². The third-order valence-corrected chi connectivity index (χ3v) is 4.18. The summed E-state index contributed by atoms with van der Waals surface area (Å²) in [5.41, 5.74) is 4.81. The number of nitrogens with one attached hydrogen (secondary N) is 1. The molecule has 0 saturated carbocycles.